The first kappa shape index (κ1) is 13.0. The zero-order valence-electron chi connectivity index (χ0n) is 11.1. The maximum Gasteiger partial charge on any atom is 0.335 e. The predicted molar refractivity (Wildman–Crippen MR) is 74.7 cm³/mol. The molecule has 6 heteroatoms. The van der Waals surface area contributed by atoms with E-state index in [0.29, 0.717) is 17.3 Å². The molecule has 1 aromatic carbocycles. The van der Waals surface area contributed by atoms with E-state index in [4.69, 9.17) is 9.52 Å². The highest BCUT2D eigenvalue weighted by atomic mass is 16.4. The van der Waals surface area contributed by atoms with Crippen molar-refractivity contribution >= 4 is 5.97 Å². The Balaban J connectivity index is 1.93. The van der Waals surface area contributed by atoms with Gasteiger partial charge in [0.25, 0.3) is 0 Å². The Labute approximate surface area is 120 Å². The molecular formula is C15H11N3O3. The van der Waals surface area contributed by atoms with Crippen molar-refractivity contribution in [2.24, 2.45) is 0 Å². The summed E-state index contributed by atoms with van der Waals surface area (Å²) in [5.41, 5.74) is 2.62. The van der Waals surface area contributed by atoms with Crippen LogP contribution >= 0.6 is 0 Å². The van der Waals surface area contributed by atoms with Crippen molar-refractivity contribution < 1.29 is 14.3 Å². The molecule has 0 amide bonds. The average Bonchev–Trinajstić information content (AvgIpc) is 2.97. The van der Waals surface area contributed by atoms with Crippen LogP contribution in [0.15, 0.2) is 47.1 Å². The van der Waals surface area contributed by atoms with Gasteiger partial charge < -0.3 is 9.52 Å². The fraction of sp³-hybridized carbons (Fsp3) is 0.0667. The number of pyridine rings is 1. The van der Waals surface area contributed by atoms with Crippen molar-refractivity contribution in [3.05, 3.63) is 53.9 Å². The summed E-state index contributed by atoms with van der Waals surface area (Å²) in [7, 11) is 0. The standard InChI is InChI=1S/C15H11N3O3/c1-9-6-12(8-16-7-9)14-18-17-13(21-14)10-2-4-11(5-3-10)15(19)20/h2-8H,1H3,(H,19,20). The highest BCUT2D eigenvalue weighted by molar-refractivity contribution is 5.88. The number of aryl methyl sites for hydroxylation is 1. The van der Waals surface area contributed by atoms with Crippen LogP contribution in [0.1, 0.15) is 15.9 Å². The highest BCUT2D eigenvalue weighted by Crippen LogP contribution is 2.24. The van der Waals surface area contributed by atoms with Crippen LogP contribution in [0.2, 0.25) is 0 Å². The van der Waals surface area contributed by atoms with Gasteiger partial charge in [0.2, 0.25) is 11.8 Å². The number of carboxylic acid groups (broad SMARTS) is 1. The second-order valence-electron chi connectivity index (χ2n) is 4.55. The van der Waals surface area contributed by atoms with Crippen LogP contribution in [-0.2, 0) is 0 Å². The summed E-state index contributed by atoms with van der Waals surface area (Å²) in [5, 5.41) is 16.8. The van der Waals surface area contributed by atoms with E-state index in [9.17, 15) is 4.79 Å². The van der Waals surface area contributed by atoms with E-state index >= 15 is 0 Å². The fourth-order valence-corrected chi connectivity index (χ4v) is 1.88. The van der Waals surface area contributed by atoms with Crippen LogP contribution in [0.25, 0.3) is 22.9 Å². The first-order valence-electron chi connectivity index (χ1n) is 6.23. The molecule has 2 aromatic heterocycles. The van der Waals surface area contributed by atoms with Crippen molar-refractivity contribution in [3.8, 4) is 22.9 Å². The summed E-state index contributed by atoms with van der Waals surface area (Å²) in [5.74, 6) is -0.259. The maximum absolute atomic E-state index is 10.8. The third-order valence-corrected chi connectivity index (χ3v) is 2.93. The number of nitrogens with zero attached hydrogens (tertiary/aromatic N) is 3. The topological polar surface area (TPSA) is 89.1 Å². The quantitative estimate of drug-likeness (QED) is 0.794. The molecule has 0 unspecified atom stereocenters. The molecule has 0 spiro atoms. The van der Waals surface area contributed by atoms with Gasteiger partial charge in [0, 0.05) is 18.0 Å². The summed E-state index contributed by atoms with van der Waals surface area (Å²) >= 11 is 0. The molecule has 2 heterocycles. The molecule has 0 aliphatic rings. The summed E-state index contributed by atoms with van der Waals surface area (Å²) in [6, 6.07) is 8.16. The van der Waals surface area contributed by atoms with Gasteiger partial charge in [0.05, 0.1) is 11.1 Å². The lowest BCUT2D eigenvalue weighted by Crippen LogP contribution is -1.94. The van der Waals surface area contributed by atoms with Crippen molar-refractivity contribution in [3.63, 3.8) is 0 Å². The summed E-state index contributed by atoms with van der Waals surface area (Å²) < 4.78 is 5.60. The summed E-state index contributed by atoms with van der Waals surface area (Å²) in [4.78, 5) is 14.9. The third-order valence-electron chi connectivity index (χ3n) is 2.93. The smallest absolute Gasteiger partial charge is 0.335 e. The van der Waals surface area contributed by atoms with E-state index in [1.54, 1.807) is 24.5 Å². The Morgan fingerprint density at radius 2 is 1.71 bits per heavy atom. The SMILES string of the molecule is Cc1cncc(-c2nnc(-c3ccc(C(=O)O)cc3)o2)c1. The number of aromatic carboxylic acids is 1. The van der Waals surface area contributed by atoms with Gasteiger partial charge in [-0.15, -0.1) is 10.2 Å². The number of carboxylic acids is 1. The molecule has 21 heavy (non-hydrogen) atoms. The van der Waals surface area contributed by atoms with E-state index in [1.807, 2.05) is 13.0 Å². The van der Waals surface area contributed by atoms with Gasteiger partial charge >= 0.3 is 5.97 Å². The molecule has 0 bridgehead atoms. The minimum absolute atomic E-state index is 0.210. The molecule has 1 N–H and O–H groups in total. The number of carbonyl (C=O) groups is 1. The van der Waals surface area contributed by atoms with E-state index in [1.165, 1.54) is 12.1 Å². The van der Waals surface area contributed by atoms with Crippen LogP contribution < -0.4 is 0 Å². The van der Waals surface area contributed by atoms with Gasteiger partial charge in [-0.1, -0.05) is 0 Å². The van der Waals surface area contributed by atoms with E-state index in [2.05, 4.69) is 15.2 Å². The highest BCUT2D eigenvalue weighted by Gasteiger charge is 2.11. The Morgan fingerprint density at radius 3 is 2.33 bits per heavy atom. The number of benzene rings is 1. The molecule has 3 aromatic rings. The minimum Gasteiger partial charge on any atom is -0.478 e. The number of aromatic nitrogens is 3. The monoisotopic (exact) mass is 281 g/mol. The molecule has 0 aliphatic heterocycles. The van der Waals surface area contributed by atoms with Crippen molar-refractivity contribution in [1.29, 1.82) is 0 Å². The first-order valence-corrected chi connectivity index (χ1v) is 6.23. The van der Waals surface area contributed by atoms with Crippen LogP contribution in [0, 0.1) is 6.92 Å². The number of rotatable bonds is 3. The van der Waals surface area contributed by atoms with Gasteiger partial charge in [-0.25, -0.2) is 4.79 Å². The van der Waals surface area contributed by atoms with Crippen molar-refractivity contribution in [1.82, 2.24) is 15.2 Å². The van der Waals surface area contributed by atoms with Crippen LogP contribution in [0.3, 0.4) is 0 Å². The first-order chi connectivity index (χ1) is 10.1. The molecule has 6 nitrogen and oxygen atoms in total. The second kappa shape index (κ2) is 5.16. The zero-order chi connectivity index (χ0) is 14.8. The van der Waals surface area contributed by atoms with Gasteiger partial charge in [0.15, 0.2) is 0 Å². The van der Waals surface area contributed by atoms with Gasteiger partial charge in [-0.3, -0.25) is 4.98 Å². The molecular weight excluding hydrogens is 270 g/mol. The zero-order valence-corrected chi connectivity index (χ0v) is 11.1. The Kier molecular flexibility index (Phi) is 3.19. The minimum atomic E-state index is -0.974. The van der Waals surface area contributed by atoms with Crippen LogP contribution in [0.4, 0.5) is 0 Å². The van der Waals surface area contributed by atoms with Gasteiger partial charge in [0.1, 0.15) is 0 Å². The van der Waals surface area contributed by atoms with E-state index in [0.717, 1.165) is 11.1 Å². The molecule has 0 atom stereocenters. The van der Waals surface area contributed by atoms with Crippen LogP contribution in [0.5, 0.6) is 0 Å². The largest absolute Gasteiger partial charge is 0.478 e. The summed E-state index contributed by atoms with van der Waals surface area (Å²) in [6.07, 6.45) is 3.39. The molecule has 0 saturated heterocycles. The maximum atomic E-state index is 10.8. The normalized spacial score (nSPS) is 10.5. The molecule has 3 rings (SSSR count). The molecule has 0 fully saturated rings. The average molecular weight is 281 g/mol. The Bertz CT molecular complexity index is 794. The van der Waals surface area contributed by atoms with Crippen molar-refractivity contribution in [2.45, 2.75) is 6.92 Å². The van der Waals surface area contributed by atoms with Gasteiger partial charge in [-0.05, 0) is 42.8 Å². The predicted octanol–water partition coefficient (Wildman–Crippen LogP) is 2.81. The molecule has 104 valence electrons. The van der Waals surface area contributed by atoms with E-state index in [-0.39, 0.29) is 5.56 Å². The summed E-state index contributed by atoms with van der Waals surface area (Å²) in [6.45, 7) is 1.93. The van der Waals surface area contributed by atoms with Crippen LogP contribution in [-0.4, -0.2) is 26.3 Å². The Hall–Kier alpha value is -3.02. The van der Waals surface area contributed by atoms with E-state index < -0.39 is 5.97 Å². The molecule has 0 radical (unpaired) electrons. The third kappa shape index (κ3) is 2.64. The molecule has 0 saturated carbocycles. The van der Waals surface area contributed by atoms with Crippen molar-refractivity contribution in [2.75, 3.05) is 0 Å². The Morgan fingerprint density at radius 1 is 1.05 bits per heavy atom. The second-order valence-corrected chi connectivity index (χ2v) is 4.55. The lowest BCUT2D eigenvalue weighted by molar-refractivity contribution is 0.0697. The fourth-order valence-electron chi connectivity index (χ4n) is 1.88. The lowest BCUT2D eigenvalue weighted by Gasteiger charge is -1.97. The number of hydrogen-bond acceptors (Lipinski definition) is 5. The number of hydrogen-bond donors (Lipinski definition) is 1. The lowest BCUT2D eigenvalue weighted by atomic mass is 10.1. The van der Waals surface area contributed by atoms with Gasteiger partial charge in [-0.2, -0.15) is 0 Å². The molecule has 0 aliphatic carbocycles.